The summed E-state index contributed by atoms with van der Waals surface area (Å²) in [5.41, 5.74) is 1.32. The smallest absolute Gasteiger partial charge is 0.311 e. The fraction of sp³-hybridized carbons (Fsp3) is 0.316. The van der Waals surface area contributed by atoms with E-state index in [9.17, 15) is 14.9 Å². The molecule has 0 aromatic heterocycles. The van der Waals surface area contributed by atoms with Gasteiger partial charge in [0.05, 0.1) is 4.92 Å². The fourth-order valence-electron chi connectivity index (χ4n) is 2.99. The average Bonchev–Trinajstić information content (AvgIpc) is 3.15. The molecular formula is C19H20N2O4. The lowest BCUT2D eigenvalue weighted by Gasteiger charge is -2.24. The Morgan fingerprint density at radius 2 is 1.84 bits per heavy atom. The van der Waals surface area contributed by atoms with Crippen molar-refractivity contribution in [2.45, 2.75) is 25.9 Å². The van der Waals surface area contributed by atoms with Crippen LogP contribution in [0.2, 0.25) is 0 Å². The molecule has 2 aromatic carbocycles. The molecule has 1 aliphatic rings. The minimum Gasteiger partial charge on any atom is -0.469 e. The molecule has 1 atom stereocenters. The van der Waals surface area contributed by atoms with E-state index in [4.69, 9.17) is 4.74 Å². The maximum absolute atomic E-state index is 12.9. The molecule has 0 saturated carbocycles. The molecule has 0 unspecified atom stereocenters. The molecule has 1 aliphatic heterocycles. The number of aryl methyl sites for hydroxylation is 1. The van der Waals surface area contributed by atoms with Crippen molar-refractivity contribution in [2.75, 3.05) is 13.1 Å². The van der Waals surface area contributed by atoms with E-state index in [0.29, 0.717) is 18.7 Å². The maximum atomic E-state index is 12.9. The molecule has 130 valence electrons. The second-order valence-electron chi connectivity index (χ2n) is 6.17. The number of hydrogen-bond acceptors (Lipinski definition) is 4. The molecule has 1 fully saturated rings. The molecule has 0 spiro atoms. The number of likely N-dealkylation sites (tertiary alicyclic amines) is 1. The molecule has 1 heterocycles. The van der Waals surface area contributed by atoms with Gasteiger partial charge in [0.2, 0.25) is 6.10 Å². The van der Waals surface area contributed by atoms with Gasteiger partial charge in [-0.15, -0.1) is 0 Å². The second-order valence-corrected chi connectivity index (χ2v) is 6.17. The van der Waals surface area contributed by atoms with E-state index in [-0.39, 0.29) is 17.3 Å². The van der Waals surface area contributed by atoms with Crippen LogP contribution >= 0.6 is 0 Å². The van der Waals surface area contributed by atoms with E-state index in [1.165, 1.54) is 6.07 Å². The van der Waals surface area contributed by atoms with Crippen LogP contribution in [0.5, 0.6) is 5.75 Å². The summed E-state index contributed by atoms with van der Waals surface area (Å²) in [5.74, 6) is -0.0458. The zero-order chi connectivity index (χ0) is 17.8. The first kappa shape index (κ1) is 17.0. The Hall–Kier alpha value is -2.89. The Kier molecular flexibility index (Phi) is 4.97. The van der Waals surface area contributed by atoms with Crippen LogP contribution in [0.4, 0.5) is 5.69 Å². The zero-order valence-electron chi connectivity index (χ0n) is 14.1. The van der Waals surface area contributed by atoms with Crippen LogP contribution in [0.1, 0.15) is 30.1 Å². The van der Waals surface area contributed by atoms with Gasteiger partial charge in [0.15, 0.2) is 5.75 Å². The Bertz CT molecular complexity index is 770. The highest BCUT2D eigenvalue weighted by molar-refractivity contribution is 5.83. The lowest BCUT2D eigenvalue weighted by atomic mass is 10.1. The molecule has 1 amide bonds. The summed E-state index contributed by atoms with van der Waals surface area (Å²) in [6.45, 7) is 3.17. The molecule has 1 saturated heterocycles. The number of nitrogens with zero attached hydrogens (tertiary/aromatic N) is 2. The molecule has 0 aliphatic carbocycles. The summed E-state index contributed by atoms with van der Waals surface area (Å²) < 4.78 is 5.89. The number of rotatable bonds is 5. The van der Waals surface area contributed by atoms with Crippen molar-refractivity contribution in [1.29, 1.82) is 0 Å². The third-order valence-corrected chi connectivity index (χ3v) is 4.30. The van der Waals surface area contributed by atoms with Gasteiger partial charge < -0.3 is 9.64 Å². The quantitative estimate of drug-likeness (QED) is 0.615. The Labute approximate surface area is 146 Å². The number of carbonyl (C=O) groups is 1. The molecule has 0 bridgehead atoms. The van der Waals surface area contributed by atoms with Crippen LogP contribution in [-0.2, 0) is 4.79 Å². The normalized spacial score (nSPS) is 15.0. The van der Waals surface area contributed by atoms with Crippen LogP contribution in [0.3, 0.4) is 0 Å². The summed E-state index contributed by atoms with van der Waals surface area (Å²) in [5, 5.41) is 11.3. The van der Waals surface area contributed by atoms with Crippen molar-refractivity contribution in [3.8, 4) is 5.75 Å². The number of hydrogen-bond donors (Lipinski definition) is 0. The van der Waals surface area contributed by atoms with Gasteiger partial charge in [0, 0.05) is 24.7 Å². The van der Waals surface area contributed by atoms with E-state index in [1.54, 1.807) is 36.1 Å². The molecule has 6 nitrogen and oxygen atoms in total. The van der Waals surface area contributed by atoms with Crippen LogP contribution < -0.4 is 4.74 Å². The number of carbonyl (C=O) groups excluding carboxylic acids is 1. The summed E-state index contributed by atoms with van der Waals surface area (Å²) in [7, 11) is 0. The Morgan fingerprint density at radius 3 is 2.48 bits per heavy atom. The predicted octanol–water partition coefficient (Wildman–Crippen LogP) is 3.65. The van der Waals surface area contributed by atoms with Crippen molar-refractivity contribution < 1.29 is 14.5 Å². The number of ether oxygens (including phenoxy) is 1. The average molecular weight is 340 g/mol. The SMILES string of the molecule is Cc1ccc(O[C@@H](C(=O)N2CCCC2)c2ccccc2)c([N+](=O)[O-])c1. The van der Waals surface area contributed by atoms with E-state index in [2.05, 4.69) is 0 Å². The number of nitro groups is 1. The summed E-state index contributed by atoms with van der Waals surface area (Å²) in [6.07, 6.45) is 1.05. The third kappa shape index (κ3) is 3.79. The summed E-state index contributed by atoms with van der Waals surface area (Å²) in [4.78, 5) is 25.6. The Balaban J connectivity index is 1.95. The van der Waals surface area contributed by atoms with Gasteiger partial charge in [-0.3, -0.25) is 14.9 Å². The first-order valence-electron chi connectivity index (χ1n) is 8.31. The van der Waals surface area contributed by atoms with Gasteiger partial charge in [0.25, 0.3) is 5.91 Å². The van der Waals surface area contributed by atoms with Gasteiger partial charge in [-0.2, -0.15) is 0 Å². The van der Waals surface area contributed by atoms with E-state index in [1.807, 2.05) is 18.2 Å². The minimum absolute atomic E-state index is 0.108. The lowest BCUT2D eigenvalue weighted by molar-refractivity contribution is -0.386. The van der Waals surface area contributed by atoms with Gasteiger partial charge in [0.1, 0.15) is 0 Å². The largest absolute Gasteiger partial charge is 0.469 e. The zero-order valence-corrected chi connectivity index (χ0v) is 14.1. The summed E-state index contributed by atoms with van der Waals surface area (Å²) in [6, 6.07) is 13.9. The van der Waals surface area contributed by atoms with Gasteiger partial charge in [-0.05, 0) is 31.4 Å². The van der Waals surface area contributed by atoms with Crippen molar-refractivity contribution in [2.24, 2.45) is 0 Å². The fourth-order valence-corrected chi connectivity index (χ4v) is 2.99. The van der Waals surface area contributed by atoms with Crippen molar-refractivity contribution in [3.63, 3.8) is 0 Å². The van der Waals surface area contributed by atoms with Gasteiger partial charge >= 0.3 is 5.69 Å². The van der Waals surface area contributed by atoms with Crippen molar-refractivity contribution in [3.05, 3.63) is 69.8 Å². The number of amides is 1. The van der Waals surface area contributed by atoms with Gasteiger partial charge in [-0.1, -0.05) is 36.4 Å². The highest BCUT2D eigenvalue weighted by Gasteiger charge is 2.31. The van der Waals surface area contributed by atoms with Crippen LogP contribution in [-0.4, -0.2) is 28.8 Å². The summed E-state index contributed by atoms with van der Waals surface area (Å²) >= 11 is 0. The highest BCUT2D eigenvalue weighted by atomic mass is 16.6. The molecule has 2 aromatic rings. The number of nitro benzene ring substituents is 1. The maximum Gasteiger partial charge on any atom is 0.311 e. The molecular weight excluding hydrogens is 320 g/mol. The van der Waals surface area contributed by atoms with Crippen LogP contribution in [0, 0.1) is 17.0 Å². The highest BCUT2D eigenvalue weighted by Crippen LogP contribution is 2.33. The lowest BCUT2D eigenvalue weighted by Crippen LogP contribution is -2.35. The van der Waals surface area contributed by atoms with Crippen LogP contribution in [0.15, 0.2) is 48.5 Å². The molecule has 3 rings (SSSR count). The minimum atomic E-state index is -0.888. The number of benzene rings is 2. The first-order chi connectivity index (χ1) is 12.1. The third-order valence-electron chi connectivity index (χ3n) is 4.30. The van der Waals surface area contributed by atoms with Gasteiger partial charge in [-0.25, -0.2) is 0 Å². The Morgan fingerprint density at radius 1 is 1.16 bits per heavy atom. The molecule has 6 heteroatoms. The monoisotopic (exact) mass is 340 g/mol. The first-order valence-corrected chi connectivity index (χ1v) is 8.31. The molecule has 0 N–H and O–H groups in total. The van der Waals surface area contributed by atoms with Crippen molar-refractivity contribution >= 4 is 11.6 Å². The second kappa shape index (κ2) is 7.34. The topological polar surface area (TPSA) is 72.7 Å². The molecule has 25 heavy (non-hydrogen) atoms. The predicted molar refractivity (Wildman–Crippen MR) is 93.5 cm³/mol. The van der Waals surface area contributed by atoms with Crippen molar-refractivity contribution in [1.82, 2.24) is 4.90 Å². The molecule has 0 radical (unpaired) electrons. The standard InChI is InChI=1S/C19H20N2O4/c1-14-9-10-17(16(13-14)21(23)24)25-18(15-7-3-2-4-8-15)19(22)20-11-5-6-12-20/h2-4,7-10,13,18H,5-6,11-12H2,1H3/t18-/m1/s1. The van der Waals surface area contributed by atoms with E-state index < -0.39 is 11.0 Å². The van der Waals surface area contributed by atoms with E-state index >= 15 is 0 Å². The van der Waals surface area contributed by atoms with E-state index in [0.717, 1.165) is 18.4 Å². The van der Waals surface area contributed by atoms with Crippen LogP contribution in [0.25, 0.3) is 0 Å².